The molecule has 7 nitrogen and oxygen atoms in total. The van der Waals surface area contributed by atoms with Crippen LogP contribution in [0.5, 0.6) is 0 Å². The van der Waals surface area contributed by atoms with Gasteiger partial charge in [-0.2, -0.15) is 0 Å². The molecule has 2 aromatic heterocycles. The molecule has 17 heavy (non-hydrogen) atoms. The monoisotopic (exact) mass is 236 g/mol. The van der Waals surface area contributed by atoms with Gasteiger partial charge in [-0.05, 0) is 18.7 Å². The lowest BCUT2D eigenvalue weighted by atomic mass is 10.2. The predicted molar refractivity (Wildman–Crippen MR) is 57.5 cm³/mol. The van der Waals surface area contributed by atoms with Gasteiger partial charge in [-0.25, -0.2) is 9.48 Å². The molecule has 0 radical (unpaired) electrons. The molecule has 3 N–H and O–H groups in total. The Labute approximate surface area is 96.8 Å². The molecule has 2 rings (SSSR count). The van der Waals surface area contributed by atoms with Crippen LogP contribution in [-0.2, 0) is 13.0 Å². The van der Waals surface area contributed by atoms with Crippen molar-refractivity contribution in [1.29, 1.82) is 0 Å². The van der Waals surface area contributed by atoms with Crippen LogP contribution in [-0.4, -0.2) is 32.6 Å². The maximum atomic E-state index is 10.9. The van der Waals surface area contributed by atoms with E-state index in [4.69, 9.17) is 15.3 Å². The van der Waals surface area contributed by atoms with Gasteiger partial charge in [0.2, 0.25) is 0 Å². The molecule has 0 aliphatic carbocycles. The van der Waals surface area contributed by atoms with Gasteiger partial charge in [0.25, 0.3) is 0 Å². The van der Waals surface area contributed by atoms with Crippen LogP contribution in [0.4, 0.5) is 0 Å². The SMILES string of the molecule is NCCc1c(C(=O)O)nnn1Cc1ccco1. The summed E-state index contributed by atoms with van der Waals surface area (Å²) < 4.78 is 6.67. The molecule has 2 aromatic rings. The van der Waals surface area contributed by atoms with Gasteiger partial charge in [0.1, 0.15) is 12.3 Å². The number of carbonyl (C=O) groups is 1. The number of nitrogens with two attached hydrogens (primary N) is 1. The normalized spacial score (nSPS) is 10.6. The minimum absolute atomic E-state index is 0.0537. The Morgan fingerprint density at radius 1 is 1.59 bits per heavy atom. The molecule has 0 aromatic carbocycles. The van der Waals surface area contributed by atoms with Gasteiger partial charge in [0, 0.05) is 6.42 Å². The number of hydrogen-bond acceptors (Lipinski definition) is 5. The third-order valence-electron chi connectivity index (χ3n) is 2.31. The van der Waals surface area contributed by atoms with Crippen LogP contribution < -0.4 is 5.73 Å². The highest BCUT2D eigenvalue weighted by atomic mass is 16.4. The second kappa shape index (κ2) is 4.79. The molecular formula is C10H12N4O3. The van der Waals surface area contributed by atoms with E-state index in [0.29, 0.717) is 31.0 Å². The van der Waals surface area contributed by atoms with Crippen LogP contribution in [0.25, 0.3) is 0 Å². The molecule has 0 saturated carbocycles. The summed E-state index contributed by atoms with van der Waals surface area (Å²) in [5.41, 5.74) is 5.90. The van der Waals surface area contributed by atoms with Crippen molar-refractivity contribution in [3.05, 3.63) is 35.5 Å². The lowest BCUT2D eigenvalue weighted by Gasteiger charge is -2.03. The van der Waals surface area contributed by atoms with Crippen molar-refractivity contribution >= 4 is 5.97 Å². The third kappa shape index (κ3) is 2.34. The molecule has 0 aliphatic rings. The Bertz CT molecular complexity index is 504. The second-order valence-electron chi connectivity index (χ2n) is 3.47. The first-order valence-corrected chi connectivity index (χ1v) is 5.10. The fourth-order valence-electron chi connectivity index (χ4n) is 1.56. The number of nitrogens with zero attached hydrogens (tertiary/aromatic N) is 3. The van der Waals surface area contributed by atoms with E-state index in [1.807, 2.05) is 0 Å². The molecule has 2 heterocycles. The zero-order valence-electron chi connectivity index (χ0n) is 9.04. The predicted octanol–water partition coefficient (Wildman–Crippen LogP) is 0.119. The second-order valence-corrected chi connectivity index (χ2v) is 3.47. The van der Waals surface area contributed by atoms with Crippen LogP contribution in [0.2, 0.25) is 0 Å². The lowest BCUT2D eigenvalue weighted by molar-refractivity contribution is 0.0689. The van der Waals surface area contributed by atoms with Crippen molar-refractivity contribution in [3.8, 4) is 0 Å². The number of carboxylic acids is 1. The first kappa shape index (κ1) is 11.3. The molecule has 0 amide bonds. The Balaban J connectivity index is 2.30. The van der Waals surface area contributed by atoms with E-state index in [1.54, 1.807) is 18.4 Å². The highest BCUT2D eigenvalue weighted by molar-refractivity contribution is 5.86. The van der Waals surface area contributed by atoms with Gasteiger partial charge in [-0.1, -0.05) is 5.21 Å². The van der Waals surface area contributed by atoms with E-state index >= 15 is 0 Å². The first-order valence-electron chi connectivity index (χ1n) is 5.10. The van der Waals surface area contributed by atoms with E-state index in [2.05, 4.69) is 10.3 Å². The van der Waals surface area contributed by atoms with E-state index in [0.717, 1.165) is 0 Å². The Kier molecular flexibility index (Phi) is 3.20. The quantitative estimate of drug-likeness (QED) is 0.763. The topological polar surface area (TPSA) is 107 Å². The van der Waals surface area contributed by atoms with Gasteiger partial charge < -0.3 is 15.3 Å². The summed E-state index contributed by atoms with van der Waals surface area (Å²) in [6.45, 7) is 0.689. The smallest absolute Gasteiger partial charge is 0.358 e. The van der Waals surface area contributed by atoms with E-state index in [9.17, 15) is 4.79 Å². The Morgan fingerprint density at radius 2 is 2.41 bits per heavy atom. The van der Waals surface area contributed by atoms with Gasteiger partial charge in [-0.15, -0.1) is 5.10 Å². The Morgan fingerprint density at radius 3 is 3.00 bits per heavy atom. The number of furan rings is 1. The average Bonchev–Trinajstić information content (AvgIpc) is 2.90. The van der Waals surface area contributed by atoms with Crippen molar-refractivity contribution in [3.63, 3.8) is 0 Å². The summed E-state index contributed by atoms with van der Waals surface area (Å²) in [4.78, 5) is 10.9. The molecule has 0 bridgehead atoms. The molecule has 90 valence electrons. The molecule has 7 heteroatoms. The largest absolute Gasteiger partial charge is 0.476 e. The van der Waals surface area contributed by atoms with Crippen molar-refractivity contribution < 1.29 is 14.3 Å². The maximum absolute atomic E-state index is 10.9. The maximum Gasteiger partial charge on any atom is 0.358 e. The summed E-state index contributed by atoms with van der Waals surface area (Å²) in [7, 11) is 0. The highest BCUT2D eigenvalue weighted by Crippen LogP contribution is 2.10. The number of carboxylic acid groups (broad SMARTS) is 1. The molecular weight excluding hydrogens is 224 g/mol. The fraction of sp³-hybridized carbons (Fsp3) is 0.300. The van der Waals surface area contributed by atoms with Crippen LogP contribution in [0.15, 0.2) is 22.8 Å². The number of hydrogen-bond donors (Lipinski definition) is 2. The summed E-state index contributed by atoms with van der Waals surface area (Å²) in [5, 5.41) is 16.4. The van der Waals surface area contributed by atoms with Gasteiger partial charge >= 0.3 is 5.97 Å². The Hall–Kier alpha value is -2.15. The standard InChI is InChI=1S/C10H12N4O3/c11-4-3-8-9(10(15)16)12-13-14(8)6-7-2-1-5-17-7/h1-2,5H,3-4,6,11H2,(H,15,16). The van der Waals surface area contributed by atoms with E-state index in [-0.39, 0.29) is 5.69 Å². The molecule has 0 spiro atoms. The van der Waals surface area contributed by atoms with Crippen molar-refractivity contribution in [2.75, 3.05) is 6.54 Å². The van der Waals surface area contributed by atoms with E-state index < -0.39 is 5.97 Å². The highest BCUT2D eigenvalue weighted by Gasteiger charge is 2.18. The van der Waals surface area contributed by atoms with Crippen LogP contribution in [0, 0.1) is 0 Å². The van der Waals surface area contributed by atoms with Crippen LogP contribution in [0.1, 0.15) is 21.9 Å². The summed E-state index contributed by atoms with van der Waals surface area (Å²) in [5.74, 6) is -0.413. The van der Waals surface area contributed by atoms with Gasteiger partial charge in [0.05, 0.1) is 12.0 Å². The molecule has 0 fully saturated rings. The van der Waals surface area contributed by atoms with Gasteiger partial charge in [0.15, 0.2) is 5.69 Å². The summed E-state index contributed by atoms with van der Waals surface area (Å²) in [6.07, 6.45) is 1.96. The van der Waals surface area contributed by atoms with E-state index in [1.165, 1.54) is 4.68 Å². The number of rotatable bonds is 5. The van der Waals surface area contributed by atoms with Gasteiger partial charge in [-0.3, -0.25) is 0 Å². The van der Waals surface area contributed by atoms with Crippen molar-refractivity contribution in [2.45, 2.75) is 13.0 Å². The zero-order chi connectivity index (χ0) is 12.3. The van der Waals surface area contributed by atoms with Crippen molar-refractivity contribution in [2.24, 2.45) is 5.73 Å². The molecule has 0 atom stereocenters. The summed E-state index contributed by atoms with van der Waals surface area (Å²) in [6, 6.07) is 3.54. The third-order valence-corrected chi connectivity index (χ3v) is 2.31. The van der Waals surface area contributed by atoms with Crippen LogP contribution >= 0.6 is 0 Å². The minimum atomic E-state index is -1.10. The zero-order valence-corrected chi connectivity index (χ0v) is 9.04. The number of aromatic carboxylic acids is 1. The minimum Gasteiger partial charge on any atom is -0.476 e. The molecule has 0 unspecified atom stereocenters. The molecule has 0 aliphatic heterocycles. The molecule has 0 saturated heterocycles. The van der Waals surface area contributed by atoms with Crippen molar-refractivity contribution in [1.82, 2.24) is 15.0 Å². The average molecular weight is 236 g/mol. The summed E-state index contributed by atoms with van der Waals surface area (Å²) >= 11 is 0. The van der Waals surface area contributed by atoms with Crippen LogP contribution in [0.3, 0.4) is 0 Å². The lowest BCUT2D eigenvalue weighted by Crippen LogP contribution is -2.13. The number of aromatic nitrogens is 3. The fourth-order valence-corrected chi connectivity index (χ4v) is 1.56. The first-order chi connectivity index (χ1) is 8.22.